The van der Waals surface area contributed by atoms with E-state index in [1.165, 1.54) is 12.8 Å². The molecule has 0 radical (unpaired) electrons. The van der Waals surface area contributed by atoms with Gasteiger partial charge in [0.05, 0.1) is 44.1 Å². The monoisotopic (exact) mass is 612 g/mol. The van der Waals surface area contributed by atoms with Crippen LogP contribution in [0.15, 0.2) is 0 Å². The molecule has 3 aliphatic heterocycles. The van der Waals surface area contributed by atoms with Crippen molar-refractivity contribution in [1.82, 2.24) is 36.4 Å². The zero-order chi connectivity index (χ0) is 29.8. The molecule has 3 fully saturated rings. The Kier molecular flexibility index (Phi) is 26.3. The van der Waals surface area contributed by atoms with Gasteiger partial charge >= 0.3 is 18.9 Å². The third kappa shape index (κ3) is 18.8. The van der Waals surface area contributed by atoms with E-state index in [9.17, 15) is 15.3 Å². The Bertz CT molecular complexity index is 620. The molecule has 0 spiro atoms. The summed E-state index contributed by atoms with van der Waals surface area (Å²) in [5.74, 6) is -0.605. The summed E-state index contributed by atoms with van der Waals surface area (Å²) in [5.41, 5.74) is 0. The van der Waals surface area contributed by atoms with E-state index >= 15 is 0 Å². The second-order valence-electron chi connectivity index (χ2n) is 11.8. The van der Waals surface area contributed by atoms with Crippen molar-refractivity contribution >= 4 is 0 Å². The van der Waals surface area contributed by atoms with Gasteiger partial charge in [0.2, 0.25) is 0 Å². The van der Waals surface area contributed by atoms with E-state index in [2.05, 4.69) is 36.4 Å². The summed E-state index contributed by atoms with van der Waals surface area (Å²) in [4.78, 5) is 4.56. The van der Waals surface area contributed by atoms with E-state index in [4.69, 9.17) is 9.47 Å². The maximum absolute atomic E-state index is 10.4. The maximum atomic E-state index is 10.4. The molecule has 0 aromatic carbocycles. The number of ether oxygens (including phenoxy) is 2. The summed E-state index contributed by atoms with van der Waals surface area (Å²) in [6, 6.07) is -0.140. The molecular formula is C30H66LiN7O5. The molecule has 43 heavy (non-hydrogen) atoms. The number of hydrogen-bond acceptors (Lipinski definition) is 12. The van der Waals surface area contributed by atoms with Gasteiger partial charge in [0.15, 0.2) is 5.79 Å². The van der Waals surface area contributed by atoms with E-state index in [0.717, 1.165) is 98.0 Å². The first-order chi connectivity index (χ1) is 19.9. The first kappa shape index (κ1) is 43.1. The van der Waals surface area contributed by atoms with E-state index < -0.39 is 18.0 Å². The Morgan fingerprint density at radius 3 is 1.81 bits per heavy atom. The molecule has 0 aromatic heterocycles. The molecule has 13 heteroatoms. The molecule has 0 aliphatic carbocycles. The molecular weight excluding hydrogens is 545 g/mol. The molecule has 0 saturated carbocycles. The number of rotatable bonds is 5. The first-order valence-electron chi connectivity index (χ1n) is 16.1. The molecule has 0 bridgehead atoms. The molecule has 0 amide bonds. The van der Waals surface area contributed by atoms with Gasteiger partial charge in [0, 0.05) is 78.5 Å². The van der Waals surface area contributed by atoms with Crippen molar-refractivity contribution in [3.63, 3.8) is 0 Å². The van der Waals surface area contributed by atoms with Crippen LogP contribution in [0.5, 0.6) is 0 Å². The van der Waals surface area contributed by atoms with Gasteiger partial charge in [-0.05, 0) is 46.2 Å². The Hall–Kier alpha value is 0.117. The second-order valence-corrected chi connectivity index (χ2v) is 11.8. The minimum absolute atomic E-state index is 0. The second kappa shape index (κ2) is 26.2. The molecule has 3 saturated heterocycles. The summed E-state index contributed by atoms with van der Waals surface area (Å²) >= 11 is 0. The van der Waals surface area contributed by atoms with Crippen molar-refractivity contribution in [2.75, 3.05) is 111 Å². The van der Waals surface area contributed by atoms with E-state index in [1.807, 2.05) is 20.8 Å². The summed E-state index contributed by atoms with van der Waals surface area (Å²) in [7, 11) is 0. The molecule has 12 nitrogen and oxygen atoms in total. The summed E-state index contributed by atoms with van der Waals surface area (Å²) in [6.45, 7) is 20.0. The van der Waals surface area contributed by atoms with E-state index in [-0.39, 0.29) is 45.0 Å². The van der Waals surface area contributed by atoms with Crippen molar-refractivity contribution in [3.05, 3.63) is 7.43 Å². The van der Waals surface area contributed by atoms with Crippen molar-refractivity contribution in [1.29, 1.82) is 0 Å². The molecule has 0 aromatic rings. The molecule has 8 N–H and O–H groups in total. The van der Waals surface area contributed by atoms with Crippen LogP contribution in [0.3, 0.4) is 0 Å². The van der Waals surface area contributed by atoms with Crippen LogP contribution in [0.4, 0.5) is 0 Å². The molecule has 3 heterocycles. The number of nitrogens with zero attached hydrogens (tertiary/aromatic N) is 2. The predicted octanol–water partition coefficient (Wildman–Crippen LogP) is -4.18. The van der Waals surface area contributed by atoms with Crippen molar-refractivity contribution < 1.29 is 43.7 Å². The van der Waals surface area contributed by atoms with Crippen LogP contribution >= 0.6 is 0 Å². The fourth-order valence-electron chi connectivity index (χ4n) is 5.39. The Labute approximate surface area is 274 Å². The normalized spacial score (nSPS) is 27.8. The van der Waals surface area contributed by atoms with Gasteiger partial charge in [-0.2, -0.15) is 0 Å². The van der Waals surface area contributed by atoms with Gasteiger partial charge in [-0.15, -0.1) is 0 Å². The standard InChI is InChI=1S/C16H33N3O3.C13H30N4O2.CH3.Li/c1-16(2)21-12-14(15(20)13-22-16)19-10-5-3-4-6-17-7-8-18-9-11-19;1-2-13(19)12(11-18)17-9-7-15-5-3-14-4-6-16-8-10-17;;/h14-15,17-18,20H,3-13H2,1-2H3;12-16,18-19H,2-11H2,1H3;1H3;/q;;-1;+1. The van der Waals surface area contributed by atoms with Gasteiger partial charge in [-0.3, -0.25) is 9.80 Å². The predicted molar refractivity (Wildman–Crippen MR) is 171 cm³/mol. The quantitative estimate of drug-likeness (QED) is 0.113. The van der Waals surface area contributed by atoms with Crippen LogP contribution in [0.1, 0.15) is 46.5 Å². The summed E-state index contributed by atoms with van der Waals surface area (Å²) < 4.78 is 11.5. The molecule has 4 atom stereocenters. The minimum atomic E-state index is -0.605. The van der Waals surface area contributed by atoms with Crippen LogP contribution in [0.25, 0.3) is 0 Å². The SMILES string of the molecule is CC1(C)OCC(O)C(N2CCCCCNCCNCC2)CO1.CCC(O)C(CO)N1CCNCCNCCNCC1.[CH3-].[Li+]. The van der Waals surface area contributed by atoms with Crippen molar-refractivity contribution in [3.8, 4) is 0 Å². The zero-order valence-corrected chi connectivity index (χ0v) is 28.2. The van der Waals surface area contributed by atoms with Crippen molar-refractivity contribution in [2.24, 2.45) is 0 Å². The van der Waals surface area contributed by atoms with Gasteiger partial charge in [-0.25, -0.2) is 0 Å². The van der Waals surface area contributed by atoms with Gasteiger partial charge in [0.1, 0.15) is 0 Å². The topological polar surface area (TPSA) is 146 Å². The fraction of sp³-hybridized carbons (Fsp3) is 0.967. The van der Waals surface area contributed by atoms with E-state index in [1.54, 1.807) is 0 Å². The first-order valence-corrected chi connectivity index (χ1v) is 16.1. The molecule has 3 aliphatic rings. The number of aliphatic hydroxyl groups is 3. The Balaban J connectivity index is 0.000000792. The average Bonchev–Trinajstić information content (AvgIpc) is 3.08. The van der Waals surface area contributed by atoms with Crippen molar-refractivity contribution in [2.45, 2.75) is 76.5 Å². The maximum Gasteiger partial charge on any atom is 1.00 e. The zero-order valence-electron chi connectivity index (χ0n) is 28.2. The Morgan fingerprint density at radius 2 is 1.26 bits per heavy atom. The van der Waals surface area contributed by atoms with Crippen LogP contribution in [-0.4, -0.2) is 167 Å². The minimum Gasteiger partial charge on any atom is -0.395 e. The van der Waals surface area contributed by atoms with Gasteiger partial charge in [-0.1, -0.05) is 13.3 Å². The van der Waals surface area contributed by atoms with E-state index in [0.29, 0.717) is 19.6 Å². The third-order valence-electron chi connectivity index (χ3n) is 8.10. The van der Waals surface area contributed by atoms with Gasteiger partial charge in [0.25, 0.3) is 0 Å². The number of nitrogens with one attached hydrogen (secondary N) is 5. The van der Waals surface area contributed by atoms with Crippen LogP contribution in [0.2, 0.25) is 0 Å². The van der Waals surface area contributed by atoms with Crippen LogP contribution in [-0.2, 0) is 9.47 Å². The average molecular weight is 612 g/mol. The molecule has 3 rings (SSSR count). The smallest absolute Gasteiger partial charge is 0.395 e. The third-order valence-corrected chi connectivity index (χ3v) is 8.10. The summed E-state index contributed by atoms with van der Waals surface area (Å²) in [5, 5.41) is 47.0. The molecule has 252 valence electrons. The van der Waals surface area contributed by atoms with Crippen LogP contribution < -0.4 is 45.4 Å². The Morgan fingerprint density at radius 1 is 0.744 bits per heavy atom. The summed E-state index contributed by atoms with van der Waals surface area (Å²) in [6.07, 6.45) is 3.33. The van der Waals surface area contributed by atoms with Crippen LogP contribution in [0, 0.1) is 7.43 Å². The van der Waals surface area contributed by atoms with Gasteiger partial charge < -0.3 is 58.8 Å². The number of aliphatic hydroxyl groups excluding tert-OH is 3. The largest absolute Gasteiger partial charge is 1.00 e. The fourth-order valence-corrected chi connectivity index (χ4v) is 5.39. The number of hydrogen-bond donors (Lipinski definition) is 8. The molecule has 4 unspecified atom stereocenters.